The molecule has 0 aliphatic rings. The van der Waals surface area contributed by atoms with E-state index >= 15 is 0 Å². The minimum Gasteiger partial charge on any atom is -0.462 e. The molecule has 17 heavy (non-hydrogen) atoms. The molecule has 4 nitrogen and oxygen atoms in total. The summed E-state index contributed by atoms with van der Waals surface area (Å²) in [4.78, 5) is 11.6. The van der Waals surface area contributed by atoms with Gasteiger partial charge in [-0.2, -0.15) is 0 Å². The van der Waals surface area contributed by atoms with E-state index in [1.54, 1.807) is 6.92 Å². The summed E-state index contributed by atoms with van der Waals surface area (Å²) in [7, 11) is 0. The number of hydrogen-bond acceptors (Lipinski definition) is 4. The molecule has 94 valence electrons. The first-order valence-corrected chi connectivity index (χ1v) is 5.77. The maximum absolute atomic E-state index is 11.6. The summed E-state index contributed by atoms with van der Waals surface area (Å²) in [6.45, 7) is 1.72. The highest BCUT2D eigenvalue weighted by Crippen LogP contribution is 2.29. The Morgan fingerprint density at radius 3 is 2.76 bits per heavy atom. The third-order valence-electron chi connectivity index (χ3n) is 2.04. The van der Waals surface area contributed by atoms with Crippen LogP contribution in [0.2, 0.25) is 10.0 Å². The van der Waals surface area contributed by atoms with Crippen molar-refractivity contribution in [3.05, 3.63) is 27.7 Å². The van der Waals surface area contributed by atoms with Gasteiger partial charge in [0.15, 0.2) is 0 Å². The van der Waals surface area contributed by atoms with Crippen molar-refractivity contribution in [1.82, 2.24) is 0 Å². The fourth-order valence-electron chi connectivity index (χ4n) is 1.16. The van der Waals surface area contributed by atoms with Crippen LogP contribution in [-0.2, 0) is 4.74 Å². The summed E-state index contributed by atoms with van der Waals surface area (Å²) in [6.07, 6.45) is -0.165. The first kappa shape index (κ1) is 14.1. The van der Waals surface area contributed by atoms with Crippen LogP contribution >= 0.6 is 23.2 Å². The molecule has 0 aliphatic carbocycles. The fourth-order valence-corrected chi connectivity index (χ4v) is 1.57. The summed E-state index contributed by atoms with van der Waals surface area (Å²) < 4.78 is 4.93. The number of benzene rings is 1. The molecule has 0 bridgehead atoms. The minimum absolute atomic E-state index is 0.110. The van der Waals surface area contributed by atoms with Crippen molar-refractivity contribution in [2.24, 2.45) is 0 Å². The second-order valence-corrected chi connectivity index (χ2v) is 4.42. The number of esters is 1. The van der Waals surface area contributed by atoms with Gasteiger partial charge < -0.3 is 15.6 Å². The number of carbonyl (C=O) groups is 1. The number of aliphatic hydroxyl groups is 1. The van der Waals surface area contributed by atoms with E-state index < -0.39 is 12.1 Å². The molecule has 0 aromatic heterocycles. The molecule has 0 heterocycles. The summed E-state index contributed by atoms with van der Waals surface area (Å²) in [6, 6.07) is 2.86. The van der Waals surface area contributed by atoms with E-state index in [2.05, 4.69) is 0 Å². The second kappa shape index (κ2) is 6.10. The minimum atomic E-state index is -0.607. The van der Waals surface area contributed by atoms with E-state index in [1.807, 2.05) is 0 Å². The van der Waals surface area contributed by atoms with E-state index in [1.165, 1.54) is 12.1 Å². The number of hydrogen-bond donors (Lipinski definition) is 2. The van der Waals surface area contributed by atoms with Gasteiger partial charge in [0, 0.05) is 12.1 Å². The number of carbonyl (C=O) groups excluding carboxylic acids is 1. The summed E-state index contributed by atoms with van der Waals surface area (Å²) in [5, 5.41) is 9.34. The van der Waals surface area contributed by atoms with E-state index in [4.69, 9.17) is 38.8 Å². The topological polar surface area (TPSA) is 72.5 Å². The van der Waals surface area contributed by atoms with Crippen LogP contribution in [0, 0.1) is 0 Å². The van der Waals surface area contributed by atoms with Crippen LogP contribution in [0.4, 0.5) is 5.69 Å². The van der Waals surface area contributed by atoms with E-state index in [0.29, 0.717) is 12.1 Å². The Morgan fingerprint density at radius 1 is 1.53 bits per heavy atom. The van der Waals surface area contributed by atoms with Gasteiger partial charge in [0.2, 0.25) is 0 Å². The molecule has 1 rings (SSSR count). The highest BCUT2D eigenvalue weighted by molar-refractivity contribution is 6.44. The van der Waals surface area contributed by atoms with Crippen molar-refractivity contribution >= 4 is 34.9 Å². The van der Waals surface area contributed by atoms with Gasteiger partial charge in [-0.25, -0.2) is 4.79 Å². The molecule has 1 aromatic rings. The molecular weight excluding hydrogens is 265 g/mol. The number of anilines is 1. The molecule has 6 heteroatoms. The van der Waals surface area contributed by atoms with Gasteiger partial charge in [-0.15, -0.1) is 0 Å². The first-order chi connectivity index (χ1) is 7.91. The van der Waals surface area contributed by atoms with Crippen molar-refractivity contribution in [1.29, 1.82) is 0 Å². The molecule has 0 radical (unpaired) electrons. The lowest BCUT2D eigenvalue weighted by Crippen LogP contribution is -2.11. The van der Waals surface area contributed by atoms with Gasteiger partial charge in [0.05, 0.1) is 28.3 Å². The fraction of sp³-hybridized carbons (Fsp3) is 0.364. The van der Waals surface area contributed by atoms with Crippen LogP contribution in [0.3, 0.4) is 0 Å². The van der Waals surface area contributed by atoms with E-state index in [-0.39, 0.29) is 22.2 Å². The molecule has 0 fully saturated rings. The zero-order chi connectivity index (χ0) is 13.0. The SMILES string of the molecule is CC(O)CCOC(=O)c1cc(N)cc(Cl)c1Cl. The molecule has 1 aromatic carbocycles. The Balaban J connectivity index is 2.75. The maximum Gasteiger partial charge on any atom is 0.339 e. The average molecular weight is 278 g/mol. The lowest BCUT2D eigenvalue weighted by Gasteiger charge is -2.09. The molecule has 0 saturated heterocycles. The molecule has 1 unspecified atom stereocenters. The quantitative estimate of drug-likeness (QED) is 0.655. The van der Waals surface area contributed by atoms with Crippen LogP contribution in [0.5, 0.6) is 0 Å². The second-order valence-electron chi connectivity index (χ2n) is 3.64. The predicted octanol–water partition coefficient (Wildman–Crippen LogP) is 2.50. The maximum atomic E-state index is 11.6. The Bertz CT molecular complexity index is 421. The van der Waals surface area contributed by atoms with Crippen molar-refractivity contribution in [3.63, 3.8) is 0 Å². The van der Waals surface area contributed by atoms with Crippen molar-refractivity contribution in [3.8, 4) is 0 Å². The van der Waals surface area contributed by atoms with E-state index in [0.717, 1.165) is 0 Å². The summed E-state index contributed by atoms with van der Waals surface area (Å²) in [5.74, 6) is -0.607. The number of ether oxygens (including phenoxy) is 1. The van der Waals surface area contributed by atoms with Crippen molar-refractivity contribution in [2.45, 2.75) is 19.4 Å². The number of aliphatic hydroxyl groups excluding tert-OH is 1. The summed E-state index contributed by atoms with van der Waals surface area (Å²) >= 11 is 11.7. The van der Waals surface area contributed by atoms with Crippen molar-refractivity contribution in [2.75, 3.05) is 12.3 Å². The van der Waals surface area contributed by atoms with Gasteiger partial charge in [-0.1, -0.05) is 23.2 Å². The van der Waals surface area contributed by atoms with Gasteiger partial charge in [0.1, 0.15) is 0 Å². The third kappa shape index (κ3) is 4.07. The van der Waals surface area contributed by atoms with Crippen LogP contribution in [0.25, 0.3) is 0 Å². The standard InChI is InChI=1S/C11H13Cl2NO3/c1-6(15)2-3-17-11(16)8-4-7(14)5-9(12)10(8)13/h4-6,15H,2-3,14H2,1H3. The molecule has 0 aliphatic heterocycles. The lowest BCUT2D eigenvalue weighted by atomic mass is 10.2. The molecule has 1 atom stereocenters. The first-order valence-electron chi connectivity index (χ1n) is 5.01. The highest BCUT2D eigenvalue weighted by Gasteiger charge is 2.15. The van der Waals surface area contributed by atoms with Gasteiger partial charge >= 0.3 is 5.97 Å². The van der Waals surface area contributed by atoms with Crippen LogP contribution in [-0.4, -0.2) is 23.8 Å². The lowest BCUT2D eigenvalue weighted by molar-refractivity contribution is 0.0444. The third-order valence-corrected chi connectivity index (χ3v) is 2.84. The average Bonchev–Trinajstić information content (AvgIpc) is 2.22. The Labute approximate surface area is 109 Å². The van der Waals surface area contributed by atoms with Crippen LogP contribution < -0.4 is 5.73 Å². The van der Waals surface area contributed by atoms with Crippen molar-refractivity contribution < 1.29 is 14.6 Å². The summed E-state index contributed by atoms with van der Waals surface area (Å²) in [5.41, 5.74) is 6.01. The van der Waals surface area contributed by atoms with Gasteiger partial charge in [0.25, 0.3) is 0 Å². The largest absolute Gasteiger partial charge is 0.462 e. The Morgan fingerprint density at radius 2 is 2.18 bits per heavy atom. The highest BCUT2D eigenvalue weighted by atomic mass is 35.5. The number of nitrogens with two attached hydrogens (primary N) is 1. The smallest absolute Gasteiger partial charge is 0.339 e. The molecule has 3 N–H and O–H groups in total. The molecule has 0 amide bonds. The number of rotatable bonds is 4. The monoisotopic (exact) mass is 277 g/mol. The Hall–Kier alpha value is -0.970. The zero-order valence-corrected chi connectivity index (χ0v) is 10.8. The molecule has 0 saturated carbocycles. The van der Waals surface area contributed by atoms with Gasteiger partial charge in [-0.05, 0) is 19.1 Å². The van der Waals surface area contributed by atoms with Crippen LogP contribution in [0.1, 0.15) is 23.7 Å². The predicted molar refractivity (Wildman–Crippen MR) is 67.5 cm³/mol. The van der Waals surface area contributed by atoms with Crippen LogP contribution in [0.15, 0.2) is 12.1 Å². The zero-order valence-electron chi connectivity index (χ0n) is 9.24. The normalized spacial score (nSPS) is 12.2. The Kier molecular flexibility index (Phi) is 5.05. The van der Waals surface area contributed by atoms with Gasteiger partial charge in [-0.3, -0.25) is 0 Å². The molecular formula is C11H13Cl2NO3. The molecule has 0 spiro atoms. The number of nitrogen functional groups attached to an aromatic ring is 1. The van der Waals surface area contributed by atoms with E-state index in [9.17, 15) is 4.79 Å². The number of halogens is 2.